The second-order valence-electron chi connectivity index (χ2n) is 26.4. The van der Waals surface area contributed by atoms with E-state index in [0.717, 1.165) is 61.5 Å². The maximum atomic E-state index is 16.0. The SMILES string of the molecule is Cc1ccc2c(c1)c1ccccc1n2-c1cc(C#N)cc(-n2c3ccc(C)cc3c3cc(-c4cc5c6ccc(C)cc6n(-c6cc(C#N)cc(-n7c8cc(C)ccc8c8ccc(C)cc87)c6-c6ccc(C(F)(F)F)cc6C(F)(F)F)c5cc4C)ccc32)c1-c1ccc(C(F)(F)F)cc1C(F)(F)F. The monoisotopic (exact) mass is 1370 g/mol. The molecule has 102 heavy (non-hydrogen) atoms. The van der Waals surface area contributed by atoms with Crippen molar-refractivity contribution in [2.75, 3.05) is 0 Å². The lowest BCUT2D eigenvalue weighted by atomic mass is 9.92. The second kappa shape index (κ2) is 22.8. The Bertz CT molecular complexity index is 6370. The van der Waals surface area contributed by atoms with Crippen LogP contribution in [0.5, 0.6) is 0 Å². The average Bonchev–Trinajstić information content (AvgIpc) is 1.65. The van der Waals surface area contributed by atoms with Gasteiger partial charge in [0.25, 0.3) is 0 Å². The Balaban J connectivity index is 0.975. The minimum absolute atomic E-state index is 0.0269. The molecule has 0 atom stereocenters. The van der Waals surface area contributed by atoms with Crippen LogP contribution in [0.1, 0.15) is 66.8 Å². The second-order valence-corrected chi connectivity index (χ2v) is 26.4. The number of rotatable bonds is 7. The molecule has 4 heterocycles. The fourth-order valence-corrected chi connectivity index (χ4v) is 15.2. The summed E-state index contributed by atoms with van der Waals surface area (Å²) in [7, 11) is 0. The molecule has 16 aromatic rings. The zero-order chi connectivity index (χ0) is 71.7. The van der Waals surface area contributed by atoms with Crippen molar-refractivity contribution in [2.45, 2.75) is 66.2 Å². The third kappa shape index (κ3) is 10.2. The summed E-state index contributed by atoms with van der Waals surface area (Å²) in [6, 6.07) is 58.2. The number of aryl methyl sites for hydroxylation is 6. The number of para-hydroxylation sites is 1. The van der Waals surface area contributed by atoms with Crippen LogP contribution >= 0.6 is 0 Å². The van der Waals surface area contributed by atoms with Gasteiger partial charge in [0.2, 0.25) is 0 Å². The molecule has 0 bridgehead atoms. The first-order valence-electron chi connectivity index (χ1n) is 32.3. The number of halogens is 12. The van der Waals surface area contributed by atoms with Crippen molar-refractivity contribution in [2.24, 2.45) is 0 Å². The molecule has 0 aliphatic rings. The number of aromatic nitrogens is 4. The lowest BCUT2D eigenvalue weighted by molar-refractivity contribution is -0.144. The molecule has 0 saturated heterocycles. The van der Waals surface area contributed by atoms with Crippen LogP contribution in [-0.2, 0) is 24.7 Å². The summed E-state index contributed by atoms with van der Waals surface area (Å²) in [5.74, 6) is 0. The molecule has 0 radical (unpaired) electrons. The summed E-state index contributed by atoms with van der Waals surface area (Å²) in [5, 5.41) is 27.5. The van der Waals surface area contributed by atoms with Gasteiger partial charge in [0, 0.05) is 54.2 Å². The fourth-order valence-electron chi connectivity index (χ4n) is 15.2. The average molecular weight is 1370 g/mol. The Hall–Kier alpha value is -12.0. The zero-order valence-corrected chi connectivity index (χ0v) is 54.8. The number of hydrogen-bond acceptors (Lipinski definition) is 2. The Morgan fingerprint density at radius 1 is 0.275 bits per heavy atom. The van der Waals surface area contributed by atoms with Crippen LogP contribution in [0, 0.1) is 64.2 Å². The standard InChI is InChI=1S/C84H52F12N6/c1-43-14-24-68-61(27-43)54-9-7-8-10-67(54)99(68)75-33-49(41-97)34-76(79(75)58-22-17-52(81(85,86)87)38-65(58)83(91,92)93)100-69-25-15-44(2)28-62(69)63-37-51(16-26-70(63)100)60-40-64-57-21-13-47(5)31-73(57)102(74(64)32-48(60)6)78-36-50(42-98)35-77(80(78)59-23-18-53(82(88,89)90)39-66(59)84(94,95)96)101-71-29-45(3)11-19-55(71)56-20-12-46(4)30-72(56)101/h7-40H,1-6H3. The Labute approximate surface area is 573 Å². The van der Waals surface area contributed by atoms with Crippen LogP contribution in [0.4, 0.5) is 52.7 Å². The highest BCUT2D eigenvalue weighted by Gasteiger charge is 2.42. The van der Waals surface area contributed by atoms with Gasteiger partial charge in [0.1, 0.15) is 0 Å². The molecule has 0 N–H and O–H groups in total. The molecule has 0 saturated carbocycles. The first kappa shape index (κ1) is 64.6. The maximum absolute atomic E-state index is 16.0. The summed E-state index contributed by atoms with van der Waals surface area (Å²) in [5.41, 5.74) is 2.85. The quantitative estimate of drug-likeness (QED) is 0.149. The van der Waals surface area contributed by atoms with Crippen molar-refractivity contribution < 1.29 is 52.7 Å². The smallest absolute Gasteiger partial charge is 0.308 e. The Morgan fingerprint density at radius 2 is 0.608 bits per heavy atom. The van der Waals surface area contributed by atoms with Gasteiger partial charge in [-0.2, -0.15) is 63.2 Å². The highest BCUT2D eigenvalue weighted by atomic mass is 19.4. The molecule has 502 valence electrons. The normalized spacial score (nSPS) is 12.6. The van der Waals surface area contributed by atoms with Gasteiger partial charge in [0.15, 0.2) is 0 Å². The van der Waals surface area contributed by atoms with Crippen LogP contribution in [0.3, 0.4) is 0 Å². The van der Waals surface area contributed by atoms with Gasteiger partial charge in [-0.3, -0.25) is 0 Å². The van der Waals surface area contributed by atoms with Gasteiger partial charge in [-0.05, 0) is 207 Å². The minimum Gasteiger partial charge on any atom is -0.308 e. The van der Waals surface area contributed by atoms with E-state index in [0.29, 0.717) is 94.5 Å². The third-order valence-electron chi connectivity index (χ3n) is 19.7. The number of hydrogen-bond donors (Lipinski definition) is 0. The molecule has 16 rings (SSSR count). The van der Waals surface area contributed by atoms with Crippen LogP contribution < -0.4 is 0 Å². The number of fused-ring (bicyclic) bond motifs is 12. The molecule has 18 heteroatoms. The number of nitrogens with zero attached hydrogens (tertiary/aromatic N) is 6. The third-order valence-corrected chi connectivity index (χ3v) is 19.7. The van der Waals surface area contributed by atoms with E-state index in [4.69, 9.17) is 0 Å². The zero-order valence-electron chi connectivity index (χ0n) is 54.8. The first-order chi connectivity index (χ1) is 48.5. The molecule has 6 nitrogen and oxygen atoms in total. The molecule has 0 unspecified atom stereocenters. The van der Waals surface area contributed by atoms with E-state index in [-0.39, 0.29) is 57.1 Å². The van der Waals surface area contributed by atoms with E-state index in [1.165, 1.54) is 24.3 Å². The van der Waals surface area contributed by atoms with E-state index in [9.17, 15) is 36.9 Å². The molecule has 0 amide bonds. The van der Waals surface area contributed by atoms with E-state index in [2.05, 4.69) is 12.1 Å². The number of alkyl halides is 12. The van der Waals surface area contributed by atoms with E-state index in [1.54, 1.807) is 42.5 Å². The number of benzene rings is 12. The van der Waals surface area contributed by atoms with Gasteiger partial charge in [-0.25, -0.2) is 0 Å². The summed E-state index contributed by atoms with van der Waals surface area (Å²) in [6.45, 7) is 11.2. The molecule has 0 aliphatic heterocycles. The summed E-state index contributed by atoms with van der Waals surface area (Å²) < 4.78 is 191. The molecule has 0 fully saturated rings. The molecule has 12 aromatic carbocycles. The Morgan fingerprint density at radius 3 is 1.03 bits per heavy atom. The molecular formula is C84H52F12N6. The van der Waals surface area contributed by atoms with Gasteiger partial charge in [0.05, 0.1) is 112 Å². The summed E-state index contributed by atoms with van der Waals surface area (Å²) >= 11 is 0. The van der Waals surface area contributed by atoms with Gasteiger partial charge in [-0.1, -0.05) is 96.1 Å². The molecule has 0 aliphatic carbocycles. The fraction of sp³-hybridized carbons (Fsp3) is 0.119. The van der Waals surface area contributed by atoms with Crippen molar-refractivity contribution in [1.29, 1.82) is 10.5 Å². The number of nitriles is 2. The van der Waals surface area contributed by atoms with Gasteiger partial charge < -0.3 is 18.3 Å². The van der Waals surface area contributed by atoms with Gasteiger partial charge >= 0.3 is 24.7 Å². The van der Waals surface area contributed by atoms with Crippen molar-refractivity contribution in [3.8, 4) is 68.3 Å². The van der Waals surface area contributed by atoms with Gasteiger partial charge in [-0.15, -0.1) is 0 Å². The highest BCUT2D eigenvalue weighted by Crippen LogP contribution is 2.52. The largest absolute Gasteiger partial charge is 0.417 e. The van der Waals surface area contributed by atoms with Crippen LogP contribution in [0.15, 0.2) is 206 Å². The van der Waals surface area contributed by atoms with Crippen molar-refractivity contribution >= 4 is 87.2 Å². The lowest BCUT2D eigenvalue weighted by Gasteiger charge is -2.24. The molecule has 4 aromatic heterocycles. The van der Waals surface area contributed by atoms with Crippen LogP contribution in [0.25, 0.3) is 143 Å². The van der Waals surface area contributed by atoms with E-state index in [1.807, 2.05) is 163 Å². The Kier molecular flexibility index (Phi) is 14.4. The summed E-state index contributed by atoms with van der Waals surface area (Å²) in [6.07, 6.45) is -21.0. The van der Waals surface area contributed by atoms with Crippen LogP contribution in [0.2, 0.25) is 0 Å². The van der Waals surface area contributed by atoms with E-state index >= 15 is 26.3 Å². The highest BCUT2D eigenvalue weighted by molar-refractivity contribution is 6.16. The molecule has 0 spiro atoms. The van der Waals surface area contributed by atoms with Crippen LogP contribution in [-0.4, -0.2) is 18.3 Å². The maximum Gasteiger partial charge on any atom is 0.417 e. The predicted molar refractivity (Wildman–Crippen MR) is 378 cm³/mol. The van der Waals surface area contributed by atoms with E-state index < -0.39 is 58.1 Å². The minimum atomic E-state index is -5.34. The van der Waals surface area contributed by atoms with Crippen molar-refractivity contribution in [3.05, 3.63) is 273 Å². The summed E-state index contributed by atoms with van der Waals surface area (Å²) in [4.78, 5) is 0. The van der Waals surface area contributed by atoms with Crippen molar-refractivity contribution in [1.82, 2.24) is 18.3 Å². The first-order valence-corrected chi connectivity index (χ1v) is 32.3. The topological polar surface area (TPSA) is 67.3 Å². The van der Waals surface area contributed by atoms with Crippen molar-refractivity contribution in [3.63, 3.8) is 0 Å². The predicted octanol–water partition coefficient (Wildman–Crippen LogP) is 24.7. The molecular weight excluding hydrogens is 1320 g/mol. The lowest BCUT2D eigenvalue weighted by Crippen LogP contribution is -2.14.